The van der Waals surface area contributed by atoms with E-state index in [4.69, 9.17) is 4.74 Å². The molecule has 0 saturated carbocycles. The van der Waals surface area contributed by atoms with Gasteiger partial charge in [0.2, 0.25) is 17.7 Å². The molecule has 0 radical (unpaired) electrons. The lowest BCUT2D eigenvalue weighted by Gasteiger charge is -2.40. The van der Waals surface area contributed by atoms with E-state index >= 15 is 0 Å². The third-order valence-electron chi connectivity index (χ3n) is 6.22. The molecule has 2 aromatic rings. The van der Waals surface area contributed by atoms with Crippen molar-refractivity contribution in [1.82, 2.24) is 15.2 Å². The van der Waals surface area contributed by atoms with E-state index in [1.807, 2.05) is 48.5 Å². The number of benzene rings is 1. The summed E-state index contributed by atoms with van der Waals surface area (Å²) in [4.78, 5) is 43.1. The zero-order valence-electron chi connectivity index (χ0n) is 18.4. The van der Waals surface area contributed by atoms with Gasteiger partial charge in [-0.1, -0.05) is 12.1 Å². The number of amides is 3. The number of carbonyl (C=O) groups excluding carboxylic acids is 3. The Labute approximate surface area is 187 Å². The number of likely N-dealkylation sites (tertiary alicyclic amines) is 1. The Morgan fingerprint density at radius 1 is 1.22 bits per heavy atom. The molecule has 32 heavy (non-hydrogen) atoms. The Balaban J connectivity index is 1.30. The maximum atomic E-state index is 12.0. The van der Waals surface area contributed by atoms with Gasteiger partial charge in [0.15, 0.2) is 0 Å². The number of nitrogens with one attached hydrogen (secondary N) is 1. The first kappa shape index (κ1) is 21.8. The van der Waals surface area contributed by atoms with E-state index in [1.54, 1.807) is 13.1 Å². The van der Waals surface area contributed by atoms with Crippen molar-refractivity contribution >= 4 is 23.4 Å². The first-order valence-corrected chi connectivity index (χ1v) is 10.9. The highest BCUT2D eigenvalue weighted by atomic mass is 16.5. The van der Waals surface area contributed by atoms with Crippen molar-refractivity contribution in [1.29, 1.82) is 0 Å². The Morgan fingerprint density at radius 2 is 1.97 bits per heavy atom. The molecule has 3 heterocycles. The van der Waals surface area contributed by atoms with Crippen LogP contribution < -0.4 is 15.0 Å². The molecule has 2 aliphatic rings. The number of nitrogens with zero attached hydrogens (tertiary/aromatic N) is 3. The van der Waals surface area contributed by atoms with Gasteiger partial charge in [0.1, 0.15) is 12.4 Å². The van der Waals surface area contributed by atoms with Gasteiger partial charge >= 0.3 is 0 Å². The number of hydrogen-bond donors (Lipinski definition) is 1. The molecule has 168 valence electrons. The van der Waals surface area contributed by atoms with E-state index in [1.165, 1.54) is 0 Å². The number of ether oxygens (including phenoxy) is 1. The highest BCUT2D eigenvalue weighted by Crippen LogP contribution is 2.33. The molecule has 1 atom stereocenters. The molecule has 0 bridgehead atoms. The van der Waals surface area contributed by atoms with Crippen molar-refractivity contribution in [3.63, 3.8) is 0 Å². The summed E-state index contributed by atoms with van der Waals surface area (Å²) in [6.07, 6.45) is 4.58. The number of hydrogen-bond acceptors (Lipinski definition) is 6. The predicted octanol–water partition coefficient (Wildman–Crippen LogP) is 2.06. The zero-order chi connectivity index (χ0) is 22.7. The van der Waals surface area contributed by atoms with Crippen LogP contribution in [0.4, 0.5) is 5.69 Å². The minimum absolute atomic E-state index is 0.108. The van der Waals surface area contributed by atoms with Crippen LogP contribution in [0.25, 0.3) is 0 Å². The van der Waals surface area contributed by atoms with Crippen LogP contribution in [0.5, 0.6) is 5.75 Å². The third-order valence-corrected chi connectivity index (χ3v) is 6.22. The molecule has 0 spiro atoms. The minimum Gasteiger partial charge on any atom is -0.492 e. The first-order chi connectivity index (χ1) is 15.4. The normalized spacial score (nSPS) is 18.7. The maximum absolute atomic E-state index is 12.0. The fourth-order valence-corrected chi connectivity index (χ4v) is 4.22. The average molecular weight is 437 g/mol. The van der Waals surface area contributed by atoms with Crippen molar-refractivity contribution < 1.29 is 19.1 Å². The summed E-state index contributed by atoms with van der Waals surface area (Å²) in [6, 6.07) is 9.50. The molecule has 1 N–H and O–H groups in total. The minimum atomic E-state index is -0.288. The van der Waals surface area contributed by atoms with Crippen LogP contribution in [-0.4, -0.2) is 60.9 Å². The van der Waals surface area contributed by atoms with E-state index in [9.17, 15) is 14.4 Å². The topological polar surface area (TPSA) is 91.8 Å². The fraction of sp³-hybridized carbons (Fsp3) is 0.417. The monoisotopic (exact) mass is 436 g/mol. The number of imide groups is 1. The van der Waals surface area contributed by atoms with Crippen molar-refractivity contribution in [2.75, 3.05) is 38.2 Å². The molecular formula is C24H28N4O4. The zero-order valence-corrected chi connectivity index (χ0v) is 18.4. The van der Waals surface area contributed by atoms with E-state index in [0.717, 1.165) is 35.7 Å². The second-order valence-electron chi connectivity index (χ2n) is 8.40. The number of anilines is 1. The summed E-state index contributed by atoms with van der Waals surface area (Å²) in [5.41, 5.74) is 3.15. The molecule has 1 unspecified atom stereocenters. The van der Waals surface area contributed by atoms with Gasteiger partial charge in [-0.2, -0.15) is 0 Å². The first-order valence-electron chi connectivity index (χ1n) is 10.9. The summed E-state index contributed by atoms with van der Waals surface area (Å²) < 4.78 is 5.91. The number of rotatable bonds is 7. The molecule has 3 amide bonds. The molecule has 2 saturated heterocycles. The SMILES string of the molecule is CC(=O)N1CC(c2cnccc2N(C)CCOc2ccc(C3CCC(=O)NC3=O)cc2)C1. The third kappa shape index (κ3) is 4.74. The Morgan fingerprint density at radius 3 is 2.66 bits per heavy atom. The quantitative estimate of drug-likeness (QED) is 0.668. The van der Waals surface area contributed by atoms with Gasteiger partial charge in [0.25, 0.3) is 0 Å². The summed E-state index contributed by atoms with van der Waals surface area (Å²) in [5, 5.41) is 2.39. The molecule has 2 fully saturated rings. The van der Waals surface area contributed by atoms with Gasteiger partial charge in [-0.3, -0.25) is 24.7 Å². The largest absolute Gasteiger partial charge is 0.492 e. The lowest BCUT2D eigenvalue weighted by atomic mass is 9.90. The van der Waals surface area contributed by atoms with Gasteiger partial charge in [0, 0.05) is 63.0 Å². The van der Waals surface area contributed by atoms with Crippen LogP contribution in [0.2, 0.25) is 0 Å². The van der Waals surface area contributed by atoms with Crippen molar-refractivity contribution in [2.45, 2.75) is 31.6 Å². The Kier molecular flexibility index (Phi) is 6.39. The molecule has 8 heteroatoms. The van der Waals surface area contributed by atoms with Crippen molar-refractivity contribution in [3.05, 3.63) is 53.9 Å². The number of likely N-dealkylation sites (N-methyl/N-ethyl adjacent to an activating group) is 1. The predicted molar refractivity (Wildman–Crippen MR) is 120 cm³/mol. The van der Waals surface area contributed by atoms with Gasteiger partial charge < -0.3 is 14.5 Å². The summed E-state index contributed by atoms with van der Waals surface area (Å²) in [6.45, 7) is 4.26. The van der Waals surface area contributed by atoms with E-state index in [2.05, 4.69) is 15.2 Å². The van der Waals surface area contributed by atoms with Crippen molar-refractivity contribution in [2.24, 2.45) is 0 Å². The molecule has 1 aromatic heterocycles. The van der Waals surface area contributed by atoms with Gasteiger partial charge in [-0.25, -0.2) is 0 Å². The highest BCUT2D eigenvalue weighted by Gasteiger charge is 2.32. The second-order valence-corrected chi connectivity index (χ2v) is 8.40. The van der Waals surface area contributed by atoms with Gasteiger partial charge in [0.05, 0.1) is 12.5 Å². The fourth-order valence-electron chi connectivity index (χ4n) is 4.22. The standard InChI is InChI=1S/C24H28N4O4/c1-16(29)28-14-18(15-28)21-13-25-10-9-22(21)27(2)11-12-32-19-5-3-17(4-6-19)20-7-8-23(30)26-24(20)31/h3-6,9-10,13,18,20H,7-8,11-12,14-15H2,1-2H3,(H,26,30,31). The van der Waals surface area contributed by atoms with Gasteiger partial charge in [-0.15, -0.1) is 0 Å². The molecule has 8 nitrogen and oxygen atoms in total. The van der Waals surface area contributed by atoms with Gasteiger partial charge in [-0.05, 0) is 30.2 Å². The number of piperidine rings is 1. The highest BCUT2D eigenvalue weighted by molar-refractivity contribution is 6.00. The Bertz CT molecular complexity index is 1000. The summed E-state index contributed by atoms with van der Waals surface area (Å²) in [7, 11) is 2.02. The van der Waals surface area contributed by atoms with E-state index < -0.39 is 0 Å². The van der Waals surface area contributed by atoms with Crippen LogP contribution in [0.15, 0.2) is 42.7 Å². The van der Waals surface area contributed by atoms with E-state index in [-0.39, 0.29) is 23.6 Å². The summed E-state index contributed by atoms with van der Waals surface area (Å²) in [5.74, 6) is 0.426. The van der Waals surface area contributed by atoms with Crippen molar-refractivity contribution in [3.8, 4) is 5.75 Å². The van der Waals surface area contributed by atoms with Crippen LogP contribution in [0.1, 0.15) is 42.7 Å². The lowest BCUT2D eigenvalue weighted by Crippen LogP contribution is -2.47. The molecule has 0 aliphatic carbocycles. The van der Waals surface area contributed by atoms with E-state index in [0.29, 0.717) is 31.9 Å². The van der Waals surface area contributed by atoms with Crippen LogP contribution in [0, 0.1) is 0 Å². The smallest absolute Gasteiger partial charge is 0.234 e. The Hall–Kier alpha value is -3.42. The number of carbonyl (C=O) groups is 3. The number of pyridine rings is 1. The summed E-state index contributed by atoms with van der Waals surface area (Å²) >= 11 is 0. The number of aromatic nitrogens is 1. The lowest BCUT2D eigenvalue weighted by molar-refractivity contribution is -0.134. The van der Waals surface area contributed by atoms with Crippen LogP contribution in [0.3, 0.4) is 0 Å². The molecule has 2 aliphatic heterocycles. The van der Waals surface area contributed by atoms with Crippen LogP contribution in [-0.2, 0) is 14.4 Å². The molecule has 4 rings (SSSR count). The average Bonchev–Trinajstić information content (AvgIpc) is 2.73. The molecular weight excluding hydrogens is 408 g/mol. The second kappa shape index (κ2) is 9.38. The van der Waals surface area contributed by atoms with Crippen LogP contribution >= 0.6 is 0 Å². The molecule has 1 aromatic carbocycles. The maximum Gasteiger partial charge on any atom is 0.234 e.